The zero-order valence-corrected chi connectivity index (χ0v) is 16.4. The van der Waals surface area contributed by atoms with E-state index < -0.39 is 47.9 Å². The molecule has 3 aromatic heterocycles. The molecular formula is C16H16N6O8S. The number of aliphatic hydroxyl groups excluding tert-OH is 3. The van der Waals surface area contributed by atoms with Crippen molar-refractivity contribution in [2.24, 2.45) is 0 Å². The monoisotopic (exact) mass is 452 g/mol. The summed E-state index contributed by atoms with van der Waals surface area (Å²) in [5, 5.41) is 40.1. The maximum absolute atomic E-state index is 12.4. The molecule has 0 unspecified atom stereocenters. The fourth-order valence-corrected chi connectivity index (χ4v) is 3.80. The number of nitrogen functional groups attached to an aromatic ring is 1. The lowest BCUT2D eigenvalue weighted by Gasteiger charge is -2.16. The minimum Gasteiger partial charge on any atom is -0.454 e. The molecule has 1 fully saturated rings. The van der Waals surface area contributed by atoms with Gasteiger partial charge in [-0.1, -0.05) is 11.3 Å². The SMILES string of the molecule is Nc1nc(C(=O)OCc2ccc([N+](=O)[O-])s2)nc2c1ncn2[C@@H]1O[C@H](CO)[C@@H](O)[C@@H]1O. The summed E-state index contributed by atoms with van der Waals surface area (Å²) in [5.74, 6) is -1.46. The Morgan fingerprint density at radius 3 is 2.77 bits per heavy atom. The van der Waals surface area contributed by atoms with Crippen LogP contribution in [0.25, 0.3) is 11.2 Å². The summed E-state index contributed by atoms with van der Waals surface area (Å²) in [6, 6.07) is 2.76. The van der Waals surface area contributed by atoms with E-state index in [2.05, 4.69) is 15.0 Å². The number of nitro groups is 1. The Hall–Kier alpha value is -3.24. The second kappa shape index (κ2) is 8.12. The first-order valence-electron chi connectivity index (χ1n) is 8.83. The van der Waals surface area contributed by atoms with Crippen LogP contribution in [0.2, 0.25) is 0 Å². The average Bonchev–Trinajstić information content (AvgIpc) is 3.45. The first-order valence-corrected chi connectivity index (χ1v) is 9.64. The fraction of sp³-hybridized carbons (Fsp3) is 0.375. The minimum atomic E-state index is -1.39. The van der Waals surface area contributed by atoms with Crippen molar-refractivity contribution in [3.05, 3.63) is 39.3 Å². The van der Waals surface area contributed by atoms with Crippen molar-refractivity contribution in [3.8, 4) is 0 Å². The van der Waals surface area contributed by atoms with Gasteiger partial charge in [-0.05, 0) is 6.07 Å². The van der Waals surface area contributed by atoms with Crippen LogP contribution in [0.4, 0.5) is 10.8 Å². The highest BCUT2D eigenvalue weighted by Crippen LogP contribution is 2.32. The molecule has 3 aromatic rings. The molecule has 4 rings (SSSR count). The summed E-state index contributed by atoms with van der Waals surface area (Å²) in [5.41, 5.74) is 6.04. The number of anilines is 1. The quantitative estimate of drug-likeness (QED) is 0.209. The molecule has 0 bridgehead atoms. The second-order valence-corrected chi connectivity index (χ2v) is 7.71. The second-order valence-electron chi connectivity index (χ2n) is 6.56. The predicted octanol–water partition coefficient (Wildman–Crippen LogP) is -0.653. The molecule has 4 atom stereocenters. The first kappa shape index (κ1) is 21.0. The molecule has 0 aromatic carbocycles. The van der Waals surface area contributed by atoms with Crippen LogP contribution in [0, 0.1) is 10.1 Å². The van der Waals surface area contributed by atoms with E-state index >= 15 is 0 Å². The standard InChI is InChI=1S/C16H16N6O8S/c17-12-9-14(21(5-18-9)15-11(25)10(24)7(3-23)30-15)20-13(19-12)16(26)29-4-6-1-2-8(31-6)22(27)28/h1-2,5,7,10-11,15,23-25H,3-4H2,(H2,17,19,20)/t7-,10-,11+,15-/m1/s1. The van der Waals surface area contributed by atoms with E-state index in [1.807, 2.05) is 0 Å². The van der Waals surface area contributed by atoms with E-state index in [1.165, 1.54) is 23.0 Å². The maximum atomic E-state index is 12.4. The number of imidazole rings is 1. The van der Waals surface area contributed by atoms with Crippen molar-refractivity contribution in [2.45, 2.75) is 31.1 Å². The number of hydrogen-bond donors (Lipinski definition) is 4. The van der Waals surface area contributed by atoms with Gasteiger partial charge in [-0.3, -0.25) is 14.7 Å². The molecule has 0 amide bonds. The van der Waals surface area contributed by atoms with Crippen LogP contribution in [0.5, 0.6) is 0 Å². The largest absolute Gasteiger partial charge is 0.454 e. The molecule has 0 spiro atoms. The van der Waals surface area contributed by atoms with Crippen molar-refractivity contribution >= 4 is 39.3 Å². The number of nitrogens with two attached hydrogens (primary N) is 1. The summed E-state index contributed by atoms with van der Waals surface area (Å²) < 4.78 is 11.8. The van der Waals surface area contributed by atoms with E-state index in [9.17, 15) is 30.2 Å². The summed E-state index contributed by atoms with van der Waals surface area (Å²) in [7, 11) is 0. The third-order valence-electron chi connectivity index (χ3n) is 4.60. The lowest BCUT2D eigenvalue weighted by Crippen LogP contribution is -2.33. The zero-order chi connectivity index (χ0) is 22.3. The van der Waals surface area contributed by atoms with Crippen LogP contribution in [-0.4, -0.2) is 70.7 Å². The van der Waals surface area contributed by atoms with Crippen molar-refractivity contribution < 1.29 is 34.5 Å². The lowest BCUT2D eigenvalue weighted by atomic mass is 10.1. The van der Waals surface area contributed by atoms with Crippen LogP contribution in [-0.2, 0) is 16.1 Å². The van der Waals surface area contributed by atoms with Crippen LogP contribution >= 0.6 is 11.3 Å². The van der Waals surface area contributed by atoms with Gasteiger partial charge in [-0.2, -0.15) is 0 Å². The van der Waals surface area contributed by atoms with Gasteiger partial charge in [-0.25, -0.2) is 19.7 Å². The molecular weight excluding hydrogens is 436 g/mol. The van der Waals surface area contributed by atoms with Gasteiger partial charge in [0.05, 0.1) is 17.9 Å². The summed E-state index contributed by atoms with van der Waals surface area (Å²) in [4.78, 5) is 35.1. The molecule has 0 saturated carbocycles. The van der Waals surface area contributed by atoms with E-state index in [0.717, 1.165) is 11.3 Å². The van der Waals surface area contributed by atoms with Crippen molar-refractivity contribution in [1.82, 2.24) is 19.5 Å². The van der Waals surface area contributed by atoms with Gasteiger partial charge in [0.25, 0.3) is 0 Å². The third-order valence-corrected chi connectivity index (χ3v) is 5.61. The number of carbonyl (C=O) groups excluding carboxylic acids is 1. The molecule has 15 heteroatoms. The van der Waals surface area contributed by atoms with E-state index in [4.69, 9.17) is 15.2 Å². The predicted molar refractivity (Wildman–Crippen MR) is 103 cm³/mol. The van der Waals surface area contributed by atoms with Crippen molar-refractivity contribution in [2.75, 3.05) is 12.3 Å². The molecule has 0 aliphatic carbocycles. The Labute approximate surface area is 176 Å². The smallest absolute Gasteiger partial charge is 0.376 e. The molecule has 0 radical (unpaired) electrons. The molecule has 1 aliphatic rings. The molecule has 4 heterocycles. The van der Waals surface area contributed by atoms with Gasteiger partial charge in [0.1, 0.15) is 30.4 Å². The minimum absolute atomic E-state index is 0.0426. The lowest BCUT2D eigenvalue weighted by molar-refractivity contribution is -0.380. The maximum Gasteiger partial charge on any atom is 0.376 e. The van der Waals surface area contributed by atoms with Gasteiger partial charge in [0.15, 0.2) is 17.7 Å². The summed E-state index contributed by atoms with van der Waals surface area (Å²) in [6.07, 6.45) is -3.64. The summed E-state index contributed by atoms with van der Waals surface area (Å²) in [6.45, 7) is -0.746. The number of thiophene rings is 1. The number of aliphatic hydroxyl groups is 3. The number of hydrogen-bond acceptors (Lipinski definition) is 13. The number of fused-ring (bicyclic) bond motifs is 1. The van der Waals surface area contributed by atoms with Crippen LogP contribution in [0.3, 0.4) is 0 Å². The molecule has 5 N–H and O–H groups in total. The number of carbonyl (C=O) groups is 1. The van der Waals surface area contributed by atoms with Crippen molar-refractivity contribution in [3.63, 3.8) is 0 Å². The van der Waals surface area contributed by atoms with Gasteiger partial charge in [0.2, 0.25) is 5.82 Å². The van der Waals surface area contributed by atoms with Crippen LogP contribution in [0.1, 0.15) is 21.7 Å². The molecule has 31 heavy (non-hydrogen) atoms. The number of ether oxygens (including phenoxy) is 2. The zero-order valence-electron chi connectivity index (χ0n) is 15.6. The van der Waals surface area contributed by atoms with Gasteiger partial charge in [-0.15, -0.1) is 0 Å². The fourth-order valence-electron chi connectivity index (χ4n) is 3.07. The highest BCUT2D eigenvalue weighted by Gasteiger charge is 2.44. The average molecular weight is 452 g/mol. The van der Waals surface area contributed by atoms with Gasteiger partial charge < -0.3 is 30.5 Å². The number of aromatic nitrogens is 4. The summed E-state index contributed by atoms with van der Waals surface area (Å²) >= 11 is 0.863. The highest BCUT2D eigenvalue weighted by molar-refractivity contribution is 7.15. The Bertz CT molecular complexity index is 1150. The van der Waals surface area contributed by atoms with Gasteiger partial charge >= 0.3 is 11.0 Å². The Balaban J connectivity index is 1.58. The number of rotatable bonds is 6. The molecule has 164 valence electrons. The Morgan fingerprint density at radius 2 is 2.13 bits per heavy atom. The van der Waals surface area contributed by atoms with E-state index in [0.29, 0.717) is 4.88 Å². The topological polar surface area (TPSA) is 209 Å². The van der Waals surface area contributed by atoms with E-state index in [1.54, 1.807) is 0 Å². The normalized spacial score (nSPS) is 23.3. The van der Waals surface area contributed by atoms with Crippen LogP contribution < -0.4 is 5.73 Å². The molecule has 1 saturated heterocycles. The number of nitrogens with zero attached hydrogens (tertiary/aromatic N) is 5. The molecule has 1 aliphatic heterocycles. The Morgan fingerprint density at radius 1 is 1.35 bits per heavy atom. The molecule has 14 nitrogen and oxygen atoms in total. The van der Waals surface area contributed by atoms with Crippen molar-refractivity contribution in [1.29, 1.82) is 0 Å². The number of esters is 1. The highest BCUT2D eigenvalue weighted by atomic mass is 32.1. The first-order chi connectivity index (χ1) is 14.8. The van der Waals surface area contributed by atoms with E-state index in [-0.39, 0.29) is 28.6 Å². The third kappa shape index (κ3) is 3.79. The van der Waals surface area contributed by atoms with Crippen LogP contribution in [0.15, 0.2) is 18.5 Å². The van der Waals surface area contributed by atoms with Gasteiger partial charge in [0, 0.05) is 10.9 Å². The Kier molecular flexibility index (Phi) is 5.50.